The lowest BCUT2D eigenvalue weighted by molar-refractivity contribution is 0.505. The number of benzene rings is 2. The van der Waals surface area contributed by atoms with Crippen LogP contribution in [0, 0.1) is 0 Å². The first-order valence-electron chi connectivity index (χ1n) is 6.78. The van der Waals surface area contributed by atoms with E-state index in [-0.39, 0.29) is 9.52 Å². The molecule has 0 heterocycles. The molecule has 1 heteroatoms. The molecule has 0 bridgehead atoms. The van der Waals surface area contributed by atoms with Crippen molar-refractivity contribution < 1.29 is 0 Å². The van der Waals surface area contributed by atoms with E-state index in [1.807, 2.05) is 0 Å². The Morgan fingerprint density at radius 1 is 0.833 bits per heavy atom. The first-order valence-corrected chi connectivity index (χ1v) is 8.49. The highest BCUT2D eigenvalue weighted by Gasteiger charge is 2.19. The van der Waals surface area contributed by atoms with E-state index < -0.39 is 0 Å². The summed E-state index contributed by atoms with van der Waals surface area (Å²) in [6.45, 7) is 4.73. The standard InChI is InChI=1S/C17H22Si/c1-17(2,15-9-5-3-6-10-15)13-14-18-16-11-7-4-8-12-16/h3-12H,13-14,18H2,1-2H3. The molecule has 0 spiro atoms. The Morgan fingerprint density at radius 2 is 1.39 bits per heavy atom. The maximum Gasteiger partial charge on any atom is 0.0547 e. The Morgan fingerprint density at radius 3 is 2.00 bits per heavy atom. The smallest absolute Gasteiger partial charge is 0.0547 e. The summed E-state index contributed by atoms with van der Waals surface area (Å²) in [7, 11) is -0.0961. The highest BCUT2D eigenvalue weighted by Crippen LogP contribution is 2.27. The highest BCUT2D eigenvalue weighted by molar-refractivity contribution is 6.53. The van der Waals surface area contributed by atoms with Gasteiger partial charge in [-0.15, -0.1) is 0 Å². The SMILES string of the molecule is CC(C)(CC[SiH2]c1ccccc1)c1ccccc1. The summed E-state index contributed by atoms with van der Waals surface area (Å²) in [5.41, 5.74) is 1.77. The van der Waals surface area contributed by atoms with E-state index in [9.17, 15) is 0 Å². The third-order valence-electron chi connectivity index (χ3n) is 3.67. The molecule has 0 atom stereocenters. The molecule has 2 aromatic carbocycles. The van der Waals surface area contributed by atoms with Crippen LogP contribution in [0.15, 0.2) is 60.7 Å². The molecule has 0 saturated heterocycles. The molecule has 18 heavy (non-hydrogen) atoms. The second-order valence-electron chi connectivity index (χ2n) is 5.59. The summed E-state index contributed by atoms with van der Waals surface area (Å²) in [6, 6.07) is 23.3. The molecule has 0 saturated carbocycles. The molecule has 0 aliphatic carbocycles. The van der Waals surface area contributed by atoms with Crippen molar-refractivity contribution in [2.75, 3.05) is 0 Å². The van der Waals surface area contributed by atoms with Crippen LogP contribution in [-0.2, 0) is 5.41 Å². The van der Waals surface area contributed by atoms with E-state index in [0.29, 0.717) is 5.41 Å². The normalized spacial score (nSPS) is 12.1. The lowest BCUT2D eigenvalue weighted by atomic mass is 9.82. The lowest BCUT2D eigenvalue weighted by Gasteiger charge is -2.25. The first-order chi connectivity index (χ1) is 8.68. The average Bonchev–Trinajstić information content (AvgIpc) is 2.41. The average molecular weight is 254 g/mol. The second kappa shape index (κ2) is 6.01. The summed E-state index contributed by atoms with van der Waals surface area (Å²) in [5.74, 6) is 0. The molecule has 0 unspecified atom stereocenters. The molecular weight excluding hydrogens is 232 g/mol. The van der Waals surface area contributed by atoms with Crippen molar-refractivity contribution in [2.24, 2.45) is 0 Å². The van der Waals surface area contributed by atoms with Crippen molar-refractivity contribution in [3.05, 3.63) is 66.2 Å². The van der Waals surface area contributed by atoms with Gasteiger partial charge in [0.25, 0.3) is 0 Å². The van der Waals surface area contributed by atoms with E-state index in [1.165, 1.54) is 18.0 Å². The summed E-state index contributed by atoms with van der Waals surface area (Å²) in [4.78, 5) is 0. The molecule has 0 aliphatic heterocycles. The van der Waals surface area contributed by atoms with E-state index in [0.717, 1.165) is 0 Å². The van der Waals surface area contributed by atoms with Crippen molar-refractivity contribution in [1.29, 1.82) is 0 Å². The van der Waals surface area contributed by atoms with Crippen molar-refractivity contribution in [1.82, 2.24) is 0 Å². The maximum atomic E-state index is 2.36. The van der Waals surface area contributed by atoms with Crippen LogP contribution in [0.4, 0.5) is 0 Å². The Bertz CT molecular complexity index is 459. The summed E-state index contributed by atoms with van der Waals surface area (Å²) in [6.07, 6.45) is 1.29. The number of hydrogen-bond donors (Lipinski definition) is 0. The molecule has 0 nitrogen and oxygen atoms in total. The van der Waals surface area contributed by atoms with Gasteiger partial charge < -0.3 is 0 Å². The van der Waals surface area contributed by atoms with Crippen molar-refractivity contribution in [2.45, 2.75) is 31.7 Å². The predicted molar refractivity (Wildman–Crippen MR) is 83.5 cm³/mol. The van der Waals surface area contributed by atoms with Gasteiger partial charge in [-0.05, 0) is 17.4 Å². The Kier molecular flexibility index (Phi) is 4.37. The van der Waals surface area contributed by atoms with Gasteiger partial charge in [0.05, 0.1) is 9.52 Å². The molecule has 2 aromatic rings. The number of hydrogen-bond acceptors (Lipinski definition) is 0. The third kappa shape index (κ3) is 3.57. The van der Waals surface area contributed by atoms with Crippen molar-refractivity contribution >= 4 is 14.7 Å². The summed E-state index contributed by atoms with van der Waals surface area (Å²) < 4.78 is 0. The zero-order chi connectivity index (χ0) is 12.8. The molecule has 0 aliphatic rings. The van der Waals surface area contributed by atoms with Crippen LogP contribution in [0.25, 0.3) is 0 Å². The lowest BCUT2D eigenvalue weighted by Crippen LogP contribution is -2.20. The van der Waals surface area contributed by atoms with Gasteiger partial charge in [-0.3, -0.25) is 0 Å². The van der Waals surface area contributed by atoms with Crippen LogP contribution in [0.5, 0.6) is 0 Å². The number of rotatable bonds is 5. The van der Waals surface area contributed by atoms with Crippen LogP contribution in [0.3, 0.4) is 0 Å². The van der Waals surface area contributed by atoms with Gasteiger partial charge in [-0.1, -0.05) is 85.7 Å². The minimum Gasteiger partial charge on any atom is -0.0669 e. The van der Waals surface area contributed by atoms with E-state index >= 15 is 0 Å². The third-order valence-corrected chi connectivity index (χ3v) is 5.42. The molecule has 0 aromatic heterocycles. The summed E-state index contributed by atoms with van der Waals surface area (Å²) in [5, 5.41) is 1.58. The molecular formula is C17H22Si. The largest absolute Gasteiger partial charge is 0.0669 e. The minimum atomic E-state index is -0.0961. The Labute approximate surface area is 113 Å². The molecule has 0 N–H and O–H groups in total. The van der Waals surface area contributed by atoms with Gasteiger partial charge in [-0.25, -0.2) is 0 Å². The van der Waals surface area contributed by atoms with Gasteiger partial charge in [0.2, 0.25) is 0 Å². The van der Waals surface area contributed by atoms with Crippen LogP contribution in [-0.4, -0.2) is 9.52 Å². The quantitative estimate of drug-likeness (QED) is 0.719. The molecule has 0 fully saturated rings. The summed E-state index contributed by atoms with van der Waals surface area (Å²) >= 11 is 0. The fourth-order valence-corrected chi connectivity index (χ4v) is 4.49. The van der Waals surface area contributed by atoms with Gasteiger partial charge in [0, 0.05) is 0 Å². The predicted octanol–water partition coefficient (Wildman–Crippen LogP) is 3.27. The van der Waals surface area contributed by atoms with Crippen molar-refractivity contribution in [3.63, 3.8) is 0 Å². The first kappa shape index (κ1) is 13.1. The molecule has 0 amide bonds. The van der Waals surface area contributed by atoms with Crippen LogP contribution < -0.4 is 5.19 Å². The fourth-order valence-electron chi connectivity index (χ4n) is 2.41. The van der Waals surface area contributed by atoms with Gasteiger partial charge in [0.1, 0.15) is 0 Å². The molecule has 0 radical (unpaired) electrons. The highest BCUT2D eigenvalue weighted by atomic mass is 28.2. The fraction of sp³-hybridized carbons (Fsp3) is 0.294. The second-order valence-corrected chi connectivity index (χ2v) is 7.61. The van der Waals surface area contributed by atoms with Gasteiger partial charge in [0.15, 0.2) is 0 Å². The Hall–Kier alpha value is -1.34. The monoisotopic (exact) mass is 254 g/mol. The topological polar surface area (TPSA) is 0 Å². The van der Waals surface area contributed by atoms with Crippen LogP contribution in [0.2, 0.25) is 6.04 Å². The van der Waals surface area contributed by atoms with E-state index in [1.54, 1.807) is 5.19 Å². The molecule has 2 rings (SSSR count). The van der Waals surface area contributed by atoms with Gasteiger partial charge >= 0.3 is 0 Å². The van der Waals surface area contributed by atoms with Crippen LogP contribution in [0.1, 0.15) is 25.8 Å². The zero-order valence-electron chi connectivity index (χ0n) is 11.4. The van der Waals surface area contributed by atoms with Crippen molar-refractivity contribution in [3.8, 4) is 0 Å². The Balaban J connectivity index is 1.90. The van der Waals surface area contributed by atoms with E-state index in [2.05, 4.69) is 74.5 Å². The van der Waals surface area contributed by atoms with Gasteiger partial charge in [-0.2, -0.15) is 0 Å². The molecule has 94 valence electrons. The zero-order valence-corrected chi connectivity index (χ0v) is 12.8. The van der Waals surface area contributed by atoms with E-state index in [4.69, 9.17) is 0 Å². The minimum absolute atomic E-state index is 0.0961. The maximum absolute atomic E-state index is 2.36. The van der Waals surface area contributed by atoms with Crippen LogP contribution >= 0.6 is 0 Å².